The molecule has 0 spiro atoms. The number of esters is 2. The molecular formula is C14H12O7. The Morgan fingerprint density at radius 3 is 2.24 bits per heavy atom. The van der Waals surface area contributed by atoms with Crippen molar-refractivity contribution in [2.75, 3.05) is 21.3 Å². The Bertz CT molecular complexity index is 773. The number of ether oxygens (including phenoxy) is 3. The third-order valence-electron chi connectivity index (χ3n) is 2.86. The minimum Gasteiger partial charge on any atom is -0.493 e. The van der Waals surface area contributed by atoms with E-state index in [1.165, 1.54) is 33.5 Å². The Balaban J connectivity index is 2.88. The first-order valence-corrected chi connectivity index (χ1v) is 5.84. The molecule has 0 bridgehead atoms. The van der Waals surface area contributed by atoms with Gasteiger partial charge in [-0.1, -0.05) is 0 Å². The van der Waals surface area contributed by atoms with Crippen molar-refractivity contribution in [2.45, 2.75) is 0 Å². The first kappa shape index (κ1) is 14.6. The van der Waals surface area contributed by atoms with Crippen LogP contribution in [0.5, 0.6) is 5.75 Å². The van der Waals surface area contributed by atoms with E-state index in [2.05, 4.69) is 9.47 Å². The molecule has 110 valence electrons. The average Bonchev–Trinajstić information content (AvgIpc) is 2.51. The van der Waals surface area contributed by atoms with Gasteiger partial charge in [0.25, 0.3) is 0 Å². The van der Waals surface area contributed by atoms with E-state index >= 15 is 0 Å². The molecule has 7 heteroatoms. The minimum atomic E-state index is -0.730. The maximum absolute atomic E-state index is 11.8. The zero-order valence-electron chi connectivity index (χ0n) is 11.6. The Hall–Kier alpha value is -2.83. The average molecular weight is 292 g/mol. The summed E-state index contributed by atoms with van der Waals surface area (Å²) in [5.41, 5.74) is -0.543. The van der Waals surface area contributed by atoms with Gasteiger partial charge in [0.1, 0.15) is 0 Å². The van der Waals surface area contributed by atoms with Crippen molar-refractivity contribution in [3.63, 3.8) is 0 Å². The first-order valence-electron chi connectivity index (χ1n) is 5.84. The van der Waals surface area contributed by atoms with Gasteiger partial charge in [-0.2, -0.15) is 0 Å². The van der Waals surface area contributed by atoms with Crippen LogP contribution in [0.25, 0.3) is 11.0 Å². The number of benzene rings is 1. The predicted molar refractivity (Wildman–Crippen MR) is 71.7 cm³/mol. The summed E-state index contributed by atoms with van der Waals surface area (Å²) in [7, 11) is 3.76. The lowest BCUT2D eigenvalue weighted by molar-refractivity contribution is 0.0590. The van der Waals surface area contributed by atoms with Crippen LogP contribution in [0.1, 0.15) is 20.7 Å². The summed E-state index contributed by atoms with van der Waals surface area (Å²) in [6, 6.07) is 3.73. The lowest BCUT2D eigenvalue weighted by Gasteiger charge is -2.09. The van der Waals surface area contributed by atoms with E-state index in [1.807, 2.05) is 0 Å². The fourth-order valence-corrected chi connectivity index (χ4v) is 1.90. The standard InChI is InChI=1S/C14H12O7/c1-18-10-5-7(13(16)19-2)4-8-9(14(17)20-3)6-11(15)21-12(8)10/h4-6H,1-3H3. The van der Waals surface area contributed by atoms with Crippen molar-refractivity contribution >= 4 is 22.9 Å². The highest BCUT2D eigenvalue weighted by Crippen LogP contribution is 2.29. The largest absolute Gasteiger partial charge is 0.493 e. The zero-order valence-corrected chi connectivity index (χ0v) is 11.6. The highest BCUT2D eigenvalue weighted by atomic mass is 16.5. The van der Waals surface area contributed by atoms with Crippen molar-refractivity contribution in [2.24, 2.45) is 0 Å². The molecule has 0 saturated heterocycles. The fourth-order valence-electron chi connectivity index (χ4n) is 1.90. The summed E-state index contributed by atoms with van der Waals surface area (Å²) in [5.74, 6) is -1.20. The molecule has 7 nitrogen and oxygen atoms in total. The van der Waals surface area contributed by atoms with E-state index in [-0.39, 0.29) is 27.8 Å². The number of methoxy groups -OCH3 is 3. The van der Waals surface area contributed by atoms with Crippen molar-refractivity contribution in [1.82, 2.24) is 0 Å². The van der Waals surface area contributed by atoms with Gasteiger partial charge in [-0.3, -0.25) is 0 Å². The van der Waals surface area contributed by atoms with Gasteiger partial charge in [-0.15, -0.1) is 0 Å². The lowest BCUT2D eigenvalue weighted by atomic mass is 10.1. The van der Waals surface area contributed by atoms with Crippen molar-refractivity contribution in [1.29, 1.82) is 0 Å². The van der Waals surface area contributed by atoms with Crippen LogP contribution in [0.15, 0.2) is 27.4 Å². The van der Waals surface area contributed by atoms with Gasteiger partial charge in [0.15, 0.2) is 11.3 Å². The van der Waals surface area contributed by atoms with Crippen LogP contribution < -0.4 is 10.4 Å². The van der Waals surface area contributed by atoms with Crippen LogP contribution in [0, 0.1) is 0 Å². The number of hydrogen-bond donors (Lipinski definition) is 0. The molecule has 0 unspecified atom stereocenters. The molecule has 1 aromatic heterocycles. The second-order valence-electron chi connectivity index (χ2n) is 4.02. The minimum absolute atomic E-state index is 0.0206. The number of carbonyl (C=O) groups excluding carboxylic acids is 2. The second kappa shape index (κ2) is 5.66. The van der Waals surface area contributed by atoms with Crippen LogP contribution in [0.3, 0.4) is 0 Å². The number of carbonyl (C=O) groups is 2. The number of rotatable bonds is 3. The predicted octanol–water partition coefficient (Wildman–Crippen LogP) is 1.37. The summed E-state index contributed by atoms with van der Waals surface area (Å²) in [4.78, 5) is 35.0. The Labute approximate surface area is 119 Å². The molecule has 0 radical (unpaired) electrons. The SMILES string of the molecule is COC(=O)c1cc(OC)c2oc(=O)cc(C(=O)OC)c2c1. The van der Waals surface area contributed by atoms with Crippen molar-refractivity contribution < 1.29 is 28.2 Å². The van der Waals surface area contributed by atoms with E-state index in [0.717, 1.165) is 6.07 Å². The summed E-state index contributed by atoms with van der Waals surface area (Å²) in [5, 5.41) is 0.223. The molecule has 0 atom stereocenters. The molecule has 0 aliphatic carbocycles. The highest BCUT2D eigenvalue weighted by molar-refractivity contribution is 6.06. The van der Waals surface area contributed by atoms with Gasteiger partial charge in [0.05, 0.1) is 32.5 Å². The topological polar surface area (TPSA) is 92.0 Å². The quantitative estimate of drug-likeness (QED) is 0.623. The van der Waals surface area contributed by atoms with Gasteiger partial charge in [-0.05, 0) is 12.1 Å². The summed E-state index contributed by atoms with van der Waals surface area (Å²) >= 11 is 0. The fraction of sp³-hybridized carbons (Fsp3) is 0.214. The molecule has 0 aliphatic heterocycles. The summed E-state index contributed by atoms with van der Waals surface area (Å²) in [6.07, 6.45) is 0. The third kappa shape index (κ3) is 2.58. The summed E-state index contributed by atoms with van der Waals surface area (Å²) < 4.78 is 19.4. The molecule has 0 fully saturated rings. The Morgan fingerprint density at radius 1 is 1.00 bits per heavy atom. The lowest BCUT2D eigenvalue weighted by Crippen LogP contribution is -2.10. The molecule has 1 heterocycles. The van der Waals surface area contributed by atoms with E-state index in [9.17, 15) is 14.4 Å². The smallest absolute Gasteiger partial charge is 0.338 e. The third-order valence-corrected chi connectivity index (χ3v) is 2.86. The molecule has 0 N–H and O–H groups in total. The van der Waals surface area contributed by atoms with Gasteiger partial charge < -0.3 is 18.6 Å². The van der Waals surface area contributed by atoms with E-state index in [0.29, 0.717) is 0 Å². The normalized spacial score (nSPS) is 10.2. The van der Waals surface area contributed by atoms with Gasteiger partial charge in [0, 0.05) is 11.5 Å². The van der Waals surface area contributed by atoms with Crippen molar-refractivity contribution in [3.05, 3.63) is 39.7 Å². The van der Waals surface area contributed by atoms with Gasteiger partial charge in [0.2, 0.25) is 0 Å². The maximum atomic E-state index is 11.8. The maximum Gasteiger partial charge on any atom is 0.338 e. The molecular weight excluding hydrogens is 280 g/mol. The van der Waals surface area contributed by atoms with Crippen LogP contribution >= 0.6 is 0 Å². The van der Waals surface area contributed by atoms with Gasteiger partial charge >= 0.3 is 17.6 Å². The summed E-state index contributed by atoms with van der Waals surface area (Å²) in [6.45, 7) is 0. The van der Waals surface area contributed by atoms with Crippen molar-refractivity contribution in [3.8, 4) is 5.75 Å². The van der Waals surface area contributed by atoms with Crippen LogP contribution in [0.2, 0.25) is 0 Å². The Kier molecular flexibility index (Phi) is 3.93. The molecule has 2 aromatic rings. The molecule has 21 heavy (non-hydrogen) atoms. The zero-order chi connectivity index (χ0) is 15.6. The van der Waals surface area contributed by atoms with E-state index in [1.54, 1.807) is 0 Å². The molecule has 0 aliphatic rings. The number of hydrogen-bond acceptors (Lipinski definition) is 7. The molecule has 2 rings (SSSR count). The highest BCUT2D eigenvalue weighted by Gasteiger charge is 2.19. The van der Waals surface area contributed by atoms with Crippen LogP contribution in [0.4, 0.5) is 0 Å². The monoisotopic (exact) mass is 292 g/mol. The number of fused-ring (bicyclic) bond motifs is 1. The first-order chi connectivity index (χ1) is 10.0. The molecule has 0 amide bonds. The van der Waals surface area contributed by atoms with Crippen LogP contribution in [-0.2, 0) is 9.47 Å². The molecule has 0 saturated carbocycles. The second-order valence-corrected chi connectivity index (χ2v) is 4.02. The molecule has 1 aromatic carbocycles. The Morgan fingerprint density at radius 2 is 1.67 bits per heavy atom. The van der Waals surface area contributed by atoms with Crippen LogP contribution in [-0.4, -0.2) is 33.3 Å². The van der Waals surface area contributed by atoms with E-state index in [4.69, 9.17) is 9.15 Å². The van der Waals surface area contributed by atoms with Gasteiger partial charge in [-0.25, -0.2) is 14.4 Å². The van der Waals surface area contributed by atoms with E-state index < -0.39 is 17.6 Å².